The van der Waals surface area contributed by atoms with Crippen LogP contribution in [-0.4, -0.2) is 58.4 Å². The summed E-state index contributed by atoms with van der Waals surface area (Å²) in [7, 11) is 0. The summed E-state index contributed by atoms with van der Waals surface area (Å²) in [4.78, 5) is 14.0. The molecule has 1 aromatic heterocycles. The molecule has 1 aliphatic carbocycles. The zero-order valence-corrected chi connectivity index (χ0v) is 13.4. The molecule has 0 N–H and O–H groups in total. The largest absolute Gasteiger partial charge is 0.447 e. The van der Waals surface area contributed by atoms with Crippen LogP contribution in [0.4, 0.5) is 4.79 Å². The van der Waals surface area contributed by atoms with E-state index in [0.717, 1.165) is 38.0 Å². The van der Waals surface area contributed by atoms with Gasteiger partial charge in [0.2, 0.25) is 0 Å². The van der Waals surface area contributed by atoms with Gasteiger partial charge in [-0.05, 0) is 38.5 Å². The van der Waals surface area contributed by atoms with Crippen LogP contribution in [0.2, 0.25) is 0 Å². The molecule has 4 rings (SSSR count). The fourth-order valence-corrected chi connectivity index (χ4v) is 3.35. The Morgan fingerprint density at radius 3 is 3.00 bits per heavy atom. The van der Waals surface area contributed by atoms with Crippen molar-refractivity contribution < 1.29 is 14.3 Å². The Labute approximate surface area is 135 Å². The summed E-state index contributed by atoms with van der Waals surface area (Å²) in [5.41, 5.74) is 1.10. The van der Waals surface area contributed by atoms with E-state index in [2.05, 4.69) is 10.3 Å². The van der Waals surface area contributed by atoms with Crippen LogP contribution in [0.15, 0.2) is 6.20 Å². The third-order valence-corrected chi connectivity index (χ3v) is 4.99. The van der Waals surface area contributed by atoms with Crippen molar-refractivity contribution in [2.75, 3.05) is 26.3 Å². The lowest BCUT2D eigenvalue weighted by Crippen LogP contribution is -2.33. The van der Waals surface area contributed by atoms with Crippen LogP contribution in [0, 0.1) is 0 Å². The predicted molar refractivity (Wildman–Crippen MR) is 82.2 cm³/mol. The molecule has 0 aromatic carbocycles. The molecule has 0 radical (unpaired) electrons. The van der Waals surface area contributed by atoms with Gasteiger partial charge >= 0.3 is 6.09 Å². The lowest BCUT2D eigenvalue weighted by atomic mass is 10.1. The molecule has 2 aliphatic heterocycles. The fourth-order valence-electron chi connectivity index (χ4n) is 3.35. The van der Waals surface area contributed by atoms with Crippen LogP contribution < -0.4 is 0 Å². The molecule has 2 atom stereocenters. The molecular weight excluding hydrogens is 296 g/mol. The van der Waals surface area contributed by atoms with Gasteiger partial charge in [-0.1, -0.05) is 5.21 Å². The van der Waals surface area contributed by atoms with Gasteiger partial charge in [0.1, 0.15) is 6.61 Å². The summed E-state index contributed by atoms with van der Waals surface area (Å²) in [5, 5.41) is 8.49. The molecule has 7 nitrogen and oxygen atoms in total. The van der Waals surface area contributed by atoms with Crippen molar-refractivity contribution in [3.05, 3.63) is 11.9 Å². The smallest absolute Gasteiger partial charge is 0.409 e. The van der Waals surface area contributed by atoms with Crippen molar-refractivity contribution in [2.24, 2.45) is 0 Å². The number of hydrogen-bond donors (Lipinski definition) is 0. The quantitative estimate of drug-likeness (QED) is 0.850. The zero-order valence-electron chi connectivity index (χ0n) is 13.4. The number of carbonyl (C=O) groups is 1. The molecule has 0 spiro atoms. The van der Waals surface area contributed by atoms with Crippen LogP contribution in [0.5, 0.6) is 0 Å². The Kier molecular flexibility index (Phi) is 4.20. The Morgan fingerprint density at radius 2 is 2.22 bits per heavy atom. The molecule has 23 heavy (non-hydrogen) atoms. The summed E-state index contributed by atoms with van der Waals surface area (Å²) in [6.07, 6.45) is 8.50. The molecule has 2 saturated heterocycles. The molecule has 7 heteroatoms. The van der Waals surface area contributed by atoms with Gasteiger partial charge < -0.3 is 14.4 Å². The molecule has 126 valence electrons. The summed E-state index contributed by atoms with van der Waals surface area (Å²) >= 11 is 0. The minimum Gasteiger partial charge on any atom is -0.447 e. The highest BCUT2D eigenvalue weighted by Gasteiger charge is 2.32. The molecule has 1 saturated carbocycles. The third kappa shape index (κ3) is 3.49. The normalized spacial score (nSPS) is 28.1. The number of nitrogens with zero attached hydrogens (tertiary/aromatic N) is 4. The Bertz CT molecular complexity index is 551. The first kappa shape index (κ1) is 14.9. The number of ether oxygens (including phenoxy) is 2. The minimum atomic E-state index is -0.232. The van der Waals surface area contributed by atoms with Gasteiger partial charge in [-0.25, -0.2) is 9.48 Å². The van der Waals surface area contributed by atoms with Gasteiger partial charge in [0.25, 0.3) is 0 Å². The SMILES string of the molecule is O=C(OCC1CCCCO1)N1CCC(n2cc(C3CC3)nn2)C1. The second kappa shape index (κ2) is 6.47. The zero-order chi connectivity index (χ0) is 15.6. The van der Waals surface area contributed by atoms with E-state index in [1.807, 2.05) is 10.9 Å². The van der Waals surface area contributed by atoms with Gasteiger partial charge in [0.05, 0.1) is 17.8 Å². The average Bonchev–Trinajstić information content (AvgIpc) is 3.12. The second-order valence-electron chi connectivity index (χ2n) is 6.85. The van der Waals surface area contributed by atoms with Crippen molar-refractivity contribution in [1.82, 2.24) is 19.9 Å². The summed E-state index contributed by atoms with van der Waals surface area (Å²) < 4.78 is 12.9. The van der Waals surface area contributed by atoms with E-state index in [-0.39, 0.29) is 18.2 Å². The van der Waals surface area contributed by atoms with E-state index in [9.17, 15) is 4.79 Å². The van der Waals surface area contributed by atoms with Gasteiger partial charge in [-0.3, -0.25) is 0 Å². The molecule has 2 unspecified atom stereocenters. The van der Waals surface area contributed by atoms with E-state index in [1.54, 1.807) is 4.90 Å². The number of carbonyl (C=O) groups excluding carboxylic acids is 1. The van der Waals surface area contributed by atoms with Crippen molar-refractivity contribution >= 4 is 6.09 Å². The first-order chi connectivity index (χ1) is 11.3. The number of hydrogen-bond acceptors (Lipinski definition) is 5. The molecule has 1 aromatic rings. The Balaban J connectivity index is 1.26. The maximum Gasteiger partial charge on any atom is 0.409 e. The molecule has 3 aliphatic rings. The number of amides is 1. The highest BCUT2D eigenvalue weighted by atomic mass is 16.6. The lowest BCUT2D eigenvalue weighted by Gasteiger charge is -2.23. The number of likely N-dealkylation sites (tertiary alicyclic amines) is 1. The number of rotatable bonds is 4. The van der Waals surface area contributed by atoms with E-state index >= 15 is 0 Å². The Hall–Kier alpha value is -1.63. The maximum atomic E-state index is 12.2. The fraction of sp³-hybridized carbons (Fsp3) is 0.812. The average molecular weight is 320 g/mol. The first-order valence-corrected chi connectivity index (χ1v) is 8.74. The third-order valence-electron chi connectivity index (χ3n) is 4.99. The molecular formula is C16H24N4O3. The van der Waals surface area contributed by atoms with E-state index in [4.69, 9.17) is 9.47 Å². The summed E-state index contributed by atoms with van der Waals surface area (Å²) in [6.45, 7) is 2.52. The van der Waals surface area contributed by atoms with Crippen molar-refractivity contribution in [3.63, 3.8) is 0 Å². The van der Waals surface area contributed by atoms with Crippen LogP contribution in [-0.2, 0) is 9.47 Å². The highest BCUT2D eigenvalue weighted by Crippen LogP contribution is 2.39. The highest BCUT2D eigenvalue weighted by molar-refractivity contribution is 5.68. The van der Waals surface area contributed by atoms with Crippen molar-refractivity contribution in [1.29, 1.82) is 0 Å². The predicted octanol–water partition coefficient (Wildman–Crippen LogP) is 2.11. The van der Waals surface area contributed by atoms with Gasteiger partial charge in [0, 0.05) is 31.8 Å². The summed E-state index contributed by atoms with van der Waals surface area (Å²) in [6, 6.07) is 0.216. The topological polar surface area (TPSA) is 69.5 Å². The molecule has 1 amide bonds. The van der Waals surface area contributed by atoms with Crippen LogP contribution in [0.25, 0.3) is 0 Å². The van der Waals surface area contributed by atoms with Crippen LogP contribution in [0.3, 0.4) is 0 Å². The van der Waals surface area contributed by atoms with E-state index in [0.29, 0.717) is 25.6 Å². The van der Waals surface area contributed by atoms with Gasteiger partial charge in [-0.2, -0.15) is 0 Å². The molecule has 3 heterocycles. The van der Waals surface area contributed by atoms with Crippen LogP contribution in [0.1, 0.15) is 56.2 Å². The number of aromatic nitrogens is 3. The maximum absolute atomic E-state index is 12.2. The second-order valence-corrected chi connectivity index (χ2v) is 6.85. The first-order valence-electron chi connectivity index (χ1n) is 8.74. The Morgan fingerprint density at radius 1 is 1.30 bits per heavy atom. The van der Waals surface area contributed by atoms with Gasteiger partial charge in [-0.15, -0.1) is 5.10 Å². The van der Waals surface area contributed by atoms with Gasteiger partial charge in [0.15, 0.2) is 0 Å². The molecule has 3 fully saturated rings. The van der Waals surface area contributed by atoms with Crippen molar-refractivity contribution in [3.8, 4) is 0 Å². The van der Waals surface area contributed by atoms with Crippen LogP contribution >= 0.6 is 0 Å². The molecule has 0 bridgehead atoms. The monoisotopic (exact) mass is 320 g/mol. The summed E-state index contributed by atoms with van der Waals surface area (Å²) in [5.74, 6) is 0.613. The standard InChI is InChI=1S/C16H24N4O3/c21-16(23-11-14-3-1-2-8-22-14)19-7-6-13(9-19)20-10-15(17-18-20)12-4-5-12/h10,12-14H,1-9,11H2. The van der Waals surface area contributed by atoms with E-state index < -0.39 is 0 Å². The van der Waals surface area contributed by atoms with Crippen molar-refractivity contribution in [2.45, 2.75) is 56.6 Å². The minimum absolute atomic E-state index is 0.0718. The van der Waals surface area contributed by atoms with E-state index in [1.165, 1.54) is 12.8 Å². The lowest BCUT2D eigenvalue weighted by molar-refractivity contribution is -0.0271.